The minimum Gasteiger partial charge on any atom is -0.335 e. The molecule has 0 aliphatic carbocycles. The van der Waals surface area contributed by atoms with Gasteiger partial charge >= 0.3 is 0 Å². The second-order valence-corrected chi connectivity index (χ2v) is 7.79. The van der Waals surface area contributed by atoms with Crippen molar-refractivity contribution in [1.82, 2.24) is 14.8 Å². The first-order valence-electron chi connectivity index (χ1n) is 9.76. The maximum absolute atomic E-state index is 13.0. The van der Waals surface area contributed by atoms with Crippen LogP contribution in [0.2, 0.25) is 0 Å². The fourth-order valence-corrected chi connectivity index (χ4v) is 4.35. The van der Waals surface area contributed by atoms with Crippen molar-refractivity contribution in [1.29, 1.82) is 0 Å². The molecule has 3 heterocycles. The highest BCUT2D eigenvalue weighted by Crippen LogP contribution is 2.35. The molecule has 150 valence electrons. The molecule has 1 aromatic heterocycles. The molecule has 2 aliphatic heterocycles. The molecule has 0 saturated carbocycles. The average Bonchev–Trinajstić information content (AvgIpc) is 3.14. The topological polar surface area (TPSA) is 73.8 Å². The summed E-state index contributed by atoms with van der Waals surface area (Å²) in [5.74, 6) is -0.395. The summed E-state index contributed by atoms with van der Waals surface area (Å²) < 4.78 is 0. The molecule has 0 bridgehead atoms. The van der Waals surface area contributed by atoms with E-state index in [2.05, 4.69) is 4.98 Å². The number of piperazine rings is 1. The highest BCUT2D eigenvalue weighted by molar-refractivity contribution is 5.99. The first-order chi connectivity index (χ1) is 13.9. The van der Waals surface area contributed by atoms with Crippen LogP contribution in [0.4, 0.5) is 5.69 Å². The van der Waals surface area contributed by atoms with E-state index in [1.54, 1.807) is 20.8 Å². The summed E-state index contributed by atoms with van der Waals surface area (Å²) in [5.41, 5.74) is 1.41. The summed E-state index contributed by atoms with van der Waals surface area (Å²) in [6, 6.07) is 14.8. The van der Waals surface area contributed by atoms with Gasteiger partial charge in [-0.1, -0.05) is 24.3 Å². The van der Waals surface area contributed by atoms with Gasteiger partial charge in [0.2, 0.25) is 11.8 Å². The third-order valence-corrected chi connectivity index (χ3v) is 5.79. The van der Waals surface area contributed by atoms with Crippen molar-refractivity contribution in [3.63, 3.8) is 0 Å². The normalized spacial score (nSPS) is 21.7. The first kappa shape index (κ1) is 19.1. The Morgan fingerprint density at radius 1 is 1.03 bits per heavy atom. The average molecular weight is 392 g/mol. The van der Waals surface area contributed by atoms with Gasteiger partial charge in [-0.05, 0) is 37.6 Å². The van der Waals surface area contributed by atoms with Crippen LogP contribution in [0.5, 0.6) is 0 Å². The van der Waals surface area contributed by atoms with Gasteiger partial charge < -0.3 is 14.7 Å². The Hall–Kier alpha value is -3.22. The second kappa shape index (κ2) is 7.31. The van der Waals surface area contributed by atoms with Crippen LogP contribution >= 0.6 is 0 Å². The Balaban J connectivity index is 1.62. The minimum absolute atomic E-state index is 0.0228. The van der Waals surface area contributed by atoms with Gasteiger partial charge in [-0.25, -0.2) is 4.98 Å². The molecule has 2 saturated heterocycles. The number of likely N-dealkylation sites (tertiary alicyclic amines) is 1. The van der Waals surface area contributed by atoms with Crippen molar-refractivity contribution in [3.05, 3.63) is 59.9 Å². The number of anilines is 1. The highest BCUT2D eigenvalue weighted by Gasteiger charge is 2.51. The lowest BCUT2D eigenvalue weighted by molar-refractivity contribution is -0.142. The fourth-order valence-electron chi connectivity index (χ4n) is 4.35. The van der Waals surface area contributed by atoms with Crippen molar-refractivity contribution in [2.75, 3.05) is 31.1 Å². The van der Waals surface area contributed by atoms with E-state index in [9.17, 15) is 14.4 Å². The van der Waals surface area contributed by atoms with Gasteiger partial charge in [0, 0.05) is 31.4 Å². The SMILES string of the molecule is CC(=O)N1CC(=O)N(c2ccccc2)CC12CCN(C(=O)c1cccc(C)n1)C2. The van der Waals surface area contributed by atoms with E-state index >= 15 is 0 Å². The van der Waals surface area contributed by atoms with Crippen molar-refractivity contribution in [2.24, 2.45) is 0 Å². The van der Waals surface area contributed by atoms with Crippen molar-refractivity contribution in [3.8, 4) is 0 Å². The van der Waals surface area contributed by atoms with Crippen LogP contribution in [-0.4, -0.2) is 64.2 Å². The van der Waals surface area contributed by atoms with E-state index in [0.29, 0.717) is 31.7 Å². The van der Waals surface area contributed by atoms with Crippen molar-refractivity contribution in [2.45, 2.75) is 25.8 Å². The van der Waals surface area contributed by atoms with E-state index in [0.717, 1.165) is 11.4 Å². The van der Waals surface area contributed by atoms with Gasteiger partial charge in [0.05, 0.1) is 12.1 Å². The predicted molar refractivity (Wildman–Crippen MR) is 108 cm³/mol. The maximum atomic E-state index is 13.0. The molecule has 1 spiro atoms. The molecule has 7 nitrogen and oxygen atoms in total. The lowest BCUT2D eigenvalue weighted by atomic mass is 9.91. The van der Waals surface area contributed by atoms with E-state index in [1.165, 1.54) is 6.92 Å². The Morgan fingerprint density at radius 2 is 1.79 bits per heavy atom. The minimum atomic E-state index is -0.588. The Labute approximate surface area is 169 Å². The van der Waals surface area contributed by atoms with Crippen molar-refractivity contribution >= 4 is 23.4 Å². The molecule has 4 rings (SSSR count). The summed E-state index contributed by atoms with van der Waals surface area (Å²) in [7, 11) is 0. The molecule has 3 amide bonds. The molecule has 2 fully saturated rings. The number of para-hydroxylation sites is 1. The lowest BCUT2D eigenvalue weighted by Gasteiger charge is -2.48. The number of benzene rings is 1. The second-order valence-electron chi connectivity index (χ2n) is 7.79. The number of aryl methyl sites for hydroxylation is 1. The summed E-state index contributed by atoms with van der Waals surface area (Å²) in [6.07, 6.45) is 0.626. The summed E-state index contributed by atoms with van der Waals surface area (Å²) in [5, 5.41) is 0. The maximum Gasteiger partial charge on any atom is 0.272 e. The van der Waals surface area contributed by atoms with Gasteiger partial charge in [0.15, 0.2) is 0 Å². The van der Waals surface area contributed by atoms with Crippen LogP contribution in [0.25, 0.3) is 0 Å². The van der Waals surface area contributed by atoms with Crippen LogP contribution in [-0.2, 0) is 9.59 Å². The van der Waals surface area contributed by atoms with E-state index in [-0.39, 0.29) is 24.3 Å². The highest BCUT2D eigenvalue weighted by atomic mass is 16.2. The largest absolute Gasteiger partial charge is 0.335 e. The molecule has 0 radical (unpaired) electrons. The quantitative estimate of drug-likeness (QED) is 0.782. The third kappa shape index (κ3) is 3.48. The molecule has 2 aliphatic rings. The molecular formula is C22H24N4O3. The first-order valence-corrected chi connectivity index (χ1v) is 9.76. The number of hydrogen-bond donors (Lipinski definition) is 0. The van der Waals surface area contributed by atoms with Gasteiger partial charge in [0.1, 0.15) is 12.2 Å². The van der Waals surface area contributed by atoms with Crippen molar-refractivity contribution < 1.29 is 14.4 Å². The zero-order chi connectivity index (χ0) is 20.6. The van der Waals surface area contributed by atoms with Crippen LogP contribution < -0.4 is 4.90 Å². The van der Waals surface area contributed by atoms with E-state index in [1.807, 2.05) is 49.4 Å². The Morgan fingerprint density at radius 3 is 2.48 bits per heavy atom. The molecule has 1 unspecified atom stereocenters. The van der Waals surface area contributed by atoms with Crippen LogP contribution in [0, 0.1) is 6.92 Å². The lowest BCUT2D eigenvalue weighted by Crippen LogP contribution is -2.67. The number of nitrogens with zero attached hydrogens (tertiary/aromatic N) is 4. The molecule has 0 N–H and O–H groups in total. The number of pyridine rings is 1. The molecule has 1 atom stereocenters. The van der Waals surface area contributed by atoms with Gasteiger partial charge in [-0.3, -0.25) is 14.4 Å². The fraction of sp³-hybridized carbons (Fsp3) is 0.364. The van der Waals surface area contributed by atoms with Gasteiger partial charge in [0.25, 0.3) is 5.91 Å². The summed E-state index contributed by atoms with van der Waals surface area (Å²) in [6.45, 7) is 4.64. The molecule has 1 aromatic carbocycles. The standard InChI is InChI=1S/C22H24N4O3/c1-16-7-6-10-19(23-16)21(29)24-12-11-22(14-24)15-25(18-8-4-3-5-9-18)20(28)13-26(22)17(2)27/h3-10H,11-15H2,1-2H3. The monoisotopic (exact) mass is 392 g/mol. The summed E-state index contributed by atoms with van der Waals surface area (Å²) in [4.78, 5) is 47.6. The molecule has 2 aromatic rings. The smallest absolute Gasteiger partial charge is 0.272 e. The number of rotatable bonds is 2. The zero-order valence-electron chi connectivity index (χ0n) is 16.7. The number of aromatic nitrogens is 1. The van der Waals surface area contributed by atoms with Crippen LogP contribution in [0.3, 0.4) is 0 Å². The zero-order valence-corrected chi connectivity index (χ0v) is 16.7. The van der Waals surface area contributed by atoms with Crippen LogP contribution in [0.1, 0.15) is 29.5 Å². The van der Waals surface area contributed by atoms with Gasteiger partial charge in [-0.15, -0.1) is 0 Å². The molecule has 7 heteroatoms. The third-order valence-electron chi connectivity index (χ3n) is 5.79. The van der Waals surface area contributed by atoms with Gasteiger partial charge in [-0.2, -0.15) is 0 Å². The van der Waals surface area contributed by atoms with E-state index in [4.69, 9.17) is 0 Å². The molecule has 29 heavy (non-hydrogen) atoms. The number of hydrogen-bond acceptors (Lipinski definition) is 4. The number of amides is 3. The Kier molecular flexibility index (Phi) is 4.82. The predicted octanol–water partition coefficient (Wildman–Crippen LogP) is 1.87. The van der Waals surface area contributed by atoms with Crippen LogP contribution in [0.15, 0.2) is 48.5 Å². The molecular weight excluding hydrogens is 368 g/mol. The number of carbonyl (C=O) groups is 3. The number of carbonyl (C=O) groups excluding carboxylic acids is 3. The van der Waals surface area contributed by atoms with E-state index < -0.39 is 5.54 Å². The Bertz CT molecular complexity index is 962. The summed E-state index contributed by atoms with van der Waals surface area (Å²) >= 11 is 0.